The first-order valence-electron chi connectivity index (χ1n) is 6.82. The molecule has 1 nitrogen and oxygen atoms in total. The van der Waals surface area contributed by atoms with Crippen LogP contribution in [0.25, 0.3) is 11.1 Å². The van der Waals surface area contributed by atoms with E-state index in [0.717, 1.165) is 29.2 Å². The van der Waals surface area contributed by atoms with Crippen molar-refractivity contribution < 1.29 is 4.74 Å². The van der Waals surface area contributed by atoms with Gasteiger partial charge in [-0.25, -0.2) is 0 Å². The molecule has 2 aromatic rings. The Hall–Kier alpha value is -1.73. The van der Waals surface area contributed by atoms with Crippen LogP contribution in [0, 0.1) is 0 Å². The third kappa shape index (κ3) is 5.94. The van der Waals surface area contributed by atoms with Crippen LogP contribution in [0.4, 0.5) is 0 Å². The Morgan fingerprint density at radius 3 is 2.30 bits per heavy atom. The van der Waals surface area contributed by atoms with Crippen LogP contribution in [-0.2, 0) is 4.74 Å². The van der Waals surface area contributed by atoms with Crippen molar-refractivity contribution >= 4 is 11.6 Å². The van der Waals surface area contributed by atoms with Gasteiger partial charge in [0.2, 0.25) is 0 Å². The minimum Gasteiger partial charge on any atom is -0.502 e. The highest BCUT2D eigenvalue weighted by Gasteiger charge is 1.99. The fourth-order valence-electron chi connectivity index (χ4n) is 1.62. The lowest BCUT2D eigenvalue weighted by Gasteiger charge is -2.02. The second-order valence-electron chi connectivity index (χ2n) is 4.24. The molecule has 0 unspecified atom stereocenters. The lowest BCUT2D eigenvalue weighted by atomic mass is 10.1. The Morgan fingerprint density at radius 1 is 1.05 bits per heavy atom. The molecule has 0 fully saturated rings. The number of ether oxygens (including phenoxy) is 1. The van der Waals surface area contributed by atoms with Crippen molar-refractivity contribution in [1.82, 2.24) is 0 Å². The highest BCUT2D eigenvalue weighted by atomic mass is 35.5. The zero-order chi connectivity index (χ0) is 14.6. The standard InChI is InChI=1S/C12H9Cl.C6H12O/c13-12-9-5-4-8-11(12)10-6-2-1-3-7-10;1-3-5-6-7-4-2/h1-9H;4H,2-3,5-6H2,1H3. The molecule has 0 aliphatic rings. The van der Waals surface area contributed by atoms with Crippen LogP contribution in [0.3, 0.4) is 0 Å². The molecule has 2 aromatic carbocycles. The van der Waals surface area contributed by atoms with Crippen molar-refractivity contribution in [1.29, 1.82) is 0 Å². The van der Waals surface area contributed by atoms with Crippen molar-refractivity contribution in [2.24, 2.45) is 0 Å². The quantitative estimate of drug-likeness (QED) is 0.488. The maximum Gasteiger partial charge on any atom is 0.0872 e. The average molecular weight is 289 g/mol. The van der Waals surface area contributed by atoms with Gasteiger partial charge >= 0.3 is 0 Å². The second kappa shape index (κ2) is 10.1. The van der Waals surface area contributed by atoms with Gasteiger partial charge in [-0.2, -0.15) is 0 Å². The zero-order valence-electron chi connectivity index (χ0n) is 11.9. The van der Waals surface area contributed by atoms with Gasteiger partial charge in [0.25, 0.3) is 0 Å². The Bertz CT molecular complexity index is 494. The Balaban J connectivity index is 0.000000246. The van der Waals surface area contributed by atoms with Crippen LogP contribution in [0.5, 0.6) is 0 Å². The topological polar surface area (TPSA) is 9.23 Å². The van der Waals surface area contributed by atoms with Gasteiger partial charge in [0, 0.05) is 10.6 Å². The summed E-state index contributed by atoms with van der Waals surface area (Å²) in [5, 5.41) is 0.800. The summed E-state index contributed by atoms with van der Waals surface area (Å²) >= 11 is 6.06. The SMILES string of the molecule is C=COCCCC.Clc1ccccc1-c1ccccc1. The summed E-state index contributed by atoms with van der Waals surface area (Å²) in [6.45, 7) is 6.36. The van der Waals surface area contributed by atoms with Gasteiger partial charge in [0.15, 0.2) is 0 Å². The van der Waals surface area contributed by atoms with Gasteiger partial charge in [-0.1, -0.05) is 80.1 Å². The Morgan fingerprint density at radius 2 is 1.70 bits per heavy atom. The van der Waals surface area contributed by atoms with E-state index >= 15 is 0 Å². The van der Waals surface area contributed by atoms with E-state index in [0.29, 0.717) is 0 Å². The molecule has 0 spiro atoms. The molecule has 0 aromatic heterocycles. The lowest BCUT2D eigenvalue weighted by molar-refractivity contribution is 0.245. The van der Waals surface area contributed by atoms with Crippen molar-refractivity contribution in [3.8, 4) is 11.1 Å². The van der Waals surface area contributed by atoms with Crippen LogP contribution in [-0.4, -0.2) is 6.61 Å². The maximum atomic E-state index is 6.06. The highest BCUT2D eigenvalue weighted by molar-refractivity contribution is 6.33. The summed E-state index contributed by atoms with van der Waals surface area (Å²) in [7, 11) is 0. The second-order valence-corrected chi connectivity index (χ2v) is 4.64. The third-order valence-corrected chi connectivity index (χ3v) is 3.02. The van der Waals surface area contributed by atoms with E-state index in [-0.39, 0.29) is 0 Å². The molecule has 0 radical (unpaired) electrons. The fourth-order valence-corrected chi connectivity index (χ4v) is 1.87. The summed E-state index contributed by atoms with van der Waals surface area (Å²) in [5.41, 5.74) is 2.25. The van der Waals surface area contributed by atoms with E-state index in [4.69, 9.17) is 16.3 Å². The van der Waals surface area contributed by atoms with Crippen molar-refractivity contribution in [3.63, 3.8) is 0 Å². The number of rotatable bonds is 5. The molecule has 0 aliphatic carbocycles. The molecule has 0 bridgehead atoms. The molecule has 106 valence electrons. The van der Waals surface area contributed by atoms with Crippen LogP contribution in [0.1, 0.15) is 19.8 Å². The first kappa shape index (κ1) is 16.3. The first-order valence-corrected chi connectivity index (χ1v) is 7.19. The number of unbranched alkanes of at least 4 members (excludes halogenated alkanes) is 1. The Labute approximate surface area is 126 Å². The molecule has 20 heavy (non-hydrogen) atoms. The van der Waals surface area contributed by atoms with E-state index in [1.807, 2.05) is 42.5 Å². The van der Waals surface area contributed by atoms with Gasteiger partial charge in [-0.15, -0.1) is 0 Å². The normalized spacial score (nSPS) is 9.30. The molecule has 0 aliphatic heterocycles. The molecule has 2 heteroatoms. The Kier molecular flexibility index (Phi) is 8.25. The molecule has 0 saturated carbocycles. The van der Waals surface area contributed by atoms with E-state index in [2.05, 4.69) is 25.6 Å². The smallest absolute Gasteiger partial charge is 0.0872 e. The first-order chi connectivity index (χ1) is 9.79. The summed E-state index contributed by atoms with van der Waals surface area (Å²) < 4.78 is 4.84. The molecule has 0 N–H and O–H groups in total. The van der Waals surface area contributed by atoms with Gasteiger partial charge in [-0.3, -0.25) is 0 Å². The maximum absolute atomic E-state index is 6.06. The largest absolute Gasteiger partial charge is 0.502 e. The molecule has 2 rings (SSSR count). The number of benzene rings is 2. The number of halogens is 1. The number of hydrogen-bond acceptors (Lipinski definition) is 1. The average Bonchev–Trinajstić information content (AvgIpc) is 2.50. The molecule has 0 amide bonds. The minimum atomic E-state index is 0.800. The summed E-state index contributed by atoms with van der Waals surface area (Å²) in [6.07, 6.45) is 3.80. The molecule has 0 atom stereocenters. The van der Waals surface area contributed by atoms with E-state index in [1.54, 1.807) is 0 Å². The molecular weight excluding hydrogens is 268 g/mol. The highest BCUT2D eigenvalue weighted by Crippen LogP contribution is 2.26. The van der Waals surface area contributed by atoms with Crippen molar-refractivity contribution in [3.05, 3.63) is 72.5 Å². The molecular formula is C18H21ClO. The van der Waals surface area contributed by atoms with E-state index < -0.39 is 0 Å². The van der Waals surface area contributed by atoms with Gasteiger partial charge < -0.3 is 4.74 Å². The summed E-state index contributed by atoms with van der Waals surface area (Å²) in [6, 6.07) is 18.0. The molecule has 0 heterocycles. The monoisotopic (exact) mass is 288 g/mol. The van der Waals surface area contributed by atoms with Crippen LogP contribution >= 0.6 is 11.6 Å². The predicted octanol–water partition coefficient (Wildman–Crippen LogP) is 5.95. The van der Waals surface area contributed by atoms with Crippen LogP contribution < -0.4 is 0 Å². The summed E-state index contributed by atoms with van der Waals surface area (Å²) in [4.78, 5) is 0. The van der Waals surface area contributed by atoms with Crippen LogP contribution in [0.15, 0.2) is 67.4 Å². The third-order valence-electron chi connectivity index (χ3n) is 2.69. The van der Waals surface area contributed by atoms with Gasteiger partial charge in [-0.05, 0) is 18.1 Å². The predicted molar refractivity (Wildman–Crippen MR) is 87.9 cm³/mol. The van der Waals surface area contributed by atoms with Crippen LogP contribution in [0.2, 0.25) is 5.02 Å². The zero-order valence-corrected chi connectivity index (χ0v) is 12.6. The van der Waals surface area contributed by atoms with Gasteiger partial charge in [0.05, 0.1) is 12.9 Å². The van der Waals surface area contributed by atoms with Crippen molar-refractivity contribution in [2.75, 3.05) is 6.61 Å². The fraction of sp³-hybridized carbons (Fsp3) is 0.222. The summed E-state index contributed by atoms with van der Waals surface area (Å²) in [5.74, 6) is 0. The van der Waals surface area contributed by atoms with E-state index in [9.17, 15) is 0 Å². The minimum absolute atomic E-state index is 0.800. The number of hydrogen-bond donors (Lipinski definition) is 0. The van der Waals surface area contributed by atoms with E-state index in [1.165, 1.54) is 12.7 Å². The van der Waals surface area contributed by atoms with Crippen molar-refractivity contribution in [2.45, 2.75) is 19.8 Å². The van der Waals surface area contributed by atoms with Gasteiger partial charge in [0.1, 0.15) is 0 Å². The lowest BCUT2D eigenvalue weighted by Crippen LogP contribution is -1.83. The molecule has 0 saturated heterocycles.